The molecule has 0 atom stereocenters. The molecule has 0 saturated carbocycles. The van der Waals surface area contributed by atoms with Crippen LogP contribution in [-0.4, -0.2) is 26.4 Å². The molecule has 0 bridgehead atoms. The van der Waals surface area contributed by atoms with Gasteiger partial charge in [0.15, 0.2) is 8.32 Å². The molecule has 102 valence electrons. The molecule has 1 aliphatic rings. The van der Waals surface area contributed by atoms with Gasteiger partial charge in [-0.3, -0.25) is 0 Å². The topological polar surface area (TPSA) is 9.23 Å². The van der Waals surface area contributed by atoms with E-state index in [0.717, 1.165) is 6.61 Å². The molecule has 0 aromatic heterocycles. The van der Waals surface area contributed by atoms with Crippen LogP contribution in [0.2, 0.25) is 18.1 Å². The molecule has 0 N–H and O–H groups in total. The number of thioether (sulfide) groups is 2. The predicted molar refractivity (Wildman–Crippen MR) is 85.2 cm³/mol. The van der Waals surface area contributed by atoms with Crippen molar-refractivity contribution in [3.05, 3.63) is 4.58 Å². The largest absolute Gasteiger partial charge is 1.00 e. The summed E-state index contributed by atoms with van der Waals surface area (Å²) in [6.07, 6.45) is 3.81. The van der Waals surface area contributed by atoms with Gasteiger partial charge >= 0.3 is 18.9 Å². The Bertz CT molecular complexity index is 226. The number of rotatable bonds is 5. The van der Waals surface area contributed by atoms with Gasteiger partial charge in [-0.05, 0) is 36.1 Å². The van der Waals surface area contributed by atoms with Crippen molar-refractivity contribution in [1.29, 1.82) is 0 Å². The van der Waals surface area contributed by atoms with E-state index >= 15 is 0 Å². The fraction of sp³-hybridized carbons (Fsp3) is 0.923. The van der Waals surface area contributed by atoms with E-state index in [1.807, 2.05) is 0 Å². The minimum absolute atomic E-state index is 0. The van der Waals surface area contributed by atoms with Crippen LogP contribution in [0.5, 0.6) is 0 Å². The molecule has 1 saturated heterocycles. The van der Waals surface area contributed by atoms with Gasteiger partial charge in [0.2, 0.25) is 0 Å². The van der Waals surface area contributed by atoms with Gasteiger partial charge in [0.1, 0.15) is 0 Å². The molecule has 0 unspecified atom stereocenters. The molecule has 18 heavy (non-hydrogen) atoms. The molecular formula is C13H27LiOS2Si. The summed E-state index contributed by atoms with van der Waals surface area (Å²) in [6.45, 7) is 12.5. The van der Waals surface area contributed by atoms with Gasteiger partial charge in [-0.2, -0.15) is 6.42 Å². The third kappa shape index (κ3) is 6.77. The fourth-order valence-corrected chi connectivity index (χ4v) is 5.09. The molecule has 0 amide bonds. The van der Waals surface area contributed by atoms with Crippen molar-refractivity contribution in [3.63, 3.8) is 0 Å². The summed E-state index contributed by atoms with van der Waals surface area (Å²) in [5.74, 6) is 2.65. The van der Waals surface area contributed by atoms with Crippen LogP contribution in [0.1, 0.15) is 40.0 Å². The summed E-state index contributed by atoms with van der Waals surface area (Å²) >= 11 is 4.12. The normalized spacial score (nSPS) is 18.5. The van der Waals surface area contributed by atoms with Gasteiger partial charge in [-0.15, -0.1) is 0 Å². The smallest absolute Gasteiger partial charge is 0.417 e. The first-order chi connectivity index (χ1) is 7.83. The Morgan fingerprint density at radius 3 is 2.22 bits per heavy atom. The number of hydrogen-bond acceptors (Lipinski definition) is 3. The van der Waals surface area contributed by atoms with Gasteiger partial charge in [-0.25, -0.2) is 4.58 Å². The molecule has 1 rings (SSSR count). The van der Waals surface area contributed by atoms with E-state index in [1.54, 1.807) is 4.58 Å². The van der Waals surface area contributed by atoms with Gasteiger partial charge in [0.25, 0.3) is 0 Å². The Kier molecular flexibility index (Phi) is 9.40. The fourth-order valence-electron chi connectivity index (χ4n) is 1.38. The van der Waals surface area contributed by atoms with E-state index in [0.29, 0.717) is 5.04 Å². The van der Waals surface area contributed by atoms with Crippen molar-refractivity contribution >= 4 is 31.8 Å². The van der Waals surface area contributed by atoms with Gasteiger partial charge in [0.05, 0.1) is 0 Å². The molecule has 0 aromatic rings. The molecule has 0 radical (unpaired) electrons. The average molecular weight is 299 g/mol. The molecule has 1 nitrogen and oxygen atoms in total. The molecule has 1 heterocycles. The van der Waals surface area contributed by atoms with Crippen LogP contribution in [0.25, 0.3) is 0 Å². The summed E-state index contributed by atoms with van der Waals surface area (Å²) in [7, 11) is -1.51. The predicted octanol–water partition coefficient (Wildman–Crippen LogP) is 2.15. The first kappa shape index (κ1) is 19.5. The van der Waals surface area contributed by atoms with Crippen LogP contribution in [0, 0.1) is 4.58 Å². The van der Waals surface area contributed by atoms with Crippen LogP contribution in [0.4, 0.5) is 0 Å². The molecule has 1 fully saturated rings. The minimum atomic E-state index is -1.51. The maximum Gasteiger partial charge on any atom is 1.00 e. The molecule has 0 aromatic carbocycles. The molecule has 5 heteroatoms. The second kappa shape index (κ2) is 8.69. The van der Waals surface area contributed by atoms with Crippen molar-refractivity contribution < 1.29 is 23.3 Å². The van der Waals surface area contributed by atoms with E-state index in [2.05, 4.69) is 57.4 Å². The summed E-state index contributed by atoms with van der Waals surface area (Å²) in [4.78, 5) is 0. The quantitative estimate of drug-likeness (QED) is 0.437. The van der Waals surface area contributed by atoms with Crippen LogP contribution < -0.4 is 18.9 Å². The Morgan fingerprint density at radius 2 is 1.72 bits per heavy atom. The first-order valence-corrected chi connectivity index (χ1v) is 11.5. The Morgan fingerprint density at radius 1 is 1.17 bits per heavy atom. The van der Waals surface area contributed by atoms with Crippen molar-refractivity contribution in [2.24, 2.45) is 0 Å². The van der Waals surface area contributed by atoms with Gasteiger partial charge in [0, 0.05) is 6.61 Å². The Balaban J connectivity index is 0.00000289. The Labute approximate surface area is 135 Å². The van der Waals surface area contributed by atoms with Crippen molar-refractivity contribution in [1.82, 2.24) is 0 Å². The van der Waals surface area contributed by atoms with Crippen LogP contribution in [-0.2, 0) is 4.43 Å². The molecule has 0 aliphatic carbocycles. The zero-order chi connectivity index (χ0) is 12.9. The minimum Gasteiger partial charge on any atom is -0.417 e. The zero-order valence-corrected chi connectivity index (χ0v) is 15.6. The van der Waals surface area contributed by atoms with E-state index < -0.39 is 8.32 Å². The molecule has 1 aliphatic heterocycles. The zero-order valence-electron chi connectivity index (χ0n) is 13.0. The van der Waals surface area contributed by atoms with E-state index in [9.17, 15) is 0 Å². The maximum atomic E-state index is 6.19. The summed E-state index contributed by atoms with van der Waals surface area (Å²) in [6, 6.07) is 0. The summed E-state index contributed by atoms with van der Waals surface area (Å²) in [5, 5.41) is 0.342. The number of hydrogen-bond donors (Lipinski definition) is 0. The third-order valence-corrected chi connectivity index (χ3v) is 10.9. The summed E-state index contributed by atoms with van der Waals surface area (Å²) in [5.41, 5.74) is 0. The Hall–Kier alpha value is 1.47. The van der Waals surface area contributed by atoms with Crippen LogP contribution >= 0.6 is 23.5 Å². The summed E-state index contributed by atoms with van der Waals surface area (Å²) < 4.78 is 7.83. The average Bonchev–Trinajstić information content (AvgIpc) is 2.24. The maximum absolute atomic E-state index is 6.19. The molecular weight excluding hydrogens is 271 g/mol. The van der Waals surface area contributed by atoms with E-state index in [-0.39, 0.29) is 18.9 Å². The van der Waals surface area contributed by atoms with Crippen LogP contribution in [0.15, 0.2) is 0 Å². The van der Waals surface area contributed by atoms with Crippen molar-refractivity contribution in [2.75, 3.05) is 18.1 Å². The SMILES string of the molecule is CC(C)(C)[Si](C)(C)OCCC[C-]1SCCCS1.[Li+]. The standard InChI is InChI=1S/C13H27OS2Si.Li/c1-13(2,3)17(4,5)14-9-6-8-12-15-10-7-11-16-12;/h6-11H2,1-5H3;/q-1;+1. The van der Waals surface area contributed by atoms with E-state index in [1.165, 1.54) is 30.8 Å². The van der Waals surface area contributed by atoms with Gasteiger partial charge in [-0.1, -0.05) is 27.2 Å². The van der Waals surface area contributed by atoms with E-state index in [4.69, 9.17) is 4.43 Å². The van der Waals surface area contributed by atoms with Crippen molar-refractivity contribution in [3.8, 4) is 0 Å². The monoisotopic (exact) mass is 298 g/mol. The molecule has 0 spiro atoms. The third-order valence-electron chi connectivity index (χ3n) is 3.61. The van der Waals surface area contributed by atoms with Crippen LogP contribution in [0.3, 0.4) is 0 Å². The van der Waals surface area contributed by atoms with Gasteiger partial charge < -0.3 is 27.9 Å². The second-order valence-electron chi connectivity index (χ2n) is 6.13. The first-order valence-electron chi connectivity index (χ1n) is 6.58. The van der Waals surface area contributed by atoms with Crippen molar-refractivity contribution in [2.45, 2.75) is 58.2 Å². The second-order valence-corrected chi connectivity index (χ2v) is 13.6.